The Morgan fingerprint density at radius 2 is 2.22 bits per heavy atom. The van der Waals surface area contributed by atoms with Gasteiger partial charge >= 0.3 is 0 Å². The predicted octanol–water partition coefficient (Wildman–Crippen LogP) is 3.86. The van der Waals surface area contributed by atoms with Crippen LogP contribution < -0.4 is 4.74 Å². The molecule has 2 rings (SSSR count). The molecule has 0 aliphatic carbocycles. The Morgan fingerprint density at radius 3 is 2.78 bits per heavy atom. The zero-order valence-corrected chi connectivity index (χ0v) is 14.9. The van der Waals surface area contributed by atoms with Crippen molar-refractivity contribution in [2.75, 3.05) is 13.7 Å². The Balaban J connectivity index is 2.41. The molecule has 1 aliphatic heterocycles. The summed E-state index contributed by atoms with van der Waals surface area (Å²) in [5.41, 5.74) is 1.69. The lowest BCUT2D eigenvalue weighted by Crippen LogP contribution is -2.22. The molecule has 1 fully saturated rings. The van der Waals surface area contributed by atoms with Gasteiger partial charge in [-0.1, -0.05) is 12.0 Å². The van der Waals surface area contributed by atoms with Gasteiger partial charge < -0.3 is 4.74 Å². The van der Waals surface area contributed by atoms with Gasteiger partial charge in [-0.25, -0.2) is 0 Å². The summed E-state index contributed by atoms with van der Waals surface area (Å²) < 4.78 is 6.29. The van der Waals surface area contributed by atoms with Gasteiger partial charge in [0.1, 0.15) is 12.4 Å². The molecule has 0 saturated carbocycles. The highest BCUT2D eigenvalue weighted by atomic mass is 79.9. The van der Waals surface area contributed by atoms with Crippen molar-refractivity contribution < 1.29 is 14.3 Å². The zero-order chi connectivity index (χ0) is 17.0. The van der Waals surface area contributed by atoms with Crippen LogP contribution >= 0.6 is 27.7 Å². The summed E-state index contributed by atoms with van der Waals surface area (Å²) in [4.78, 5) is 25.0. The summed E-state index contributed by atoms with van der Waals surface area (Å²) >= 11 is 4.39. The smallest absolute Gasteiger partial charge is 0.293 e. The topological polar surface area (TPSA) is 46.6 Å². The van der Waals surface area contributed by atoms with Crippen LogP contribution in [0.1, 0.15) is 11.1 Å². The number of halogens is 1. The van der Waals surface area contributed by atoms with E-state index in [2.05, 4.69) is 28.4 Å². The number of likely N-dealkylation sites (N-methyl/N-ethyl adjacent to an activating group) is 1. The Morgan fingerprint density at radius 1 is 1.48 bits per heavy atom. The molecule has 118 valence electrons. The summed E-state index contributed by atoms with van der Waals surface area (Å²) in [6.07, 6.45) is 9.28. The molecule has 1 saturated heterocycles. The summed E-state index contributed by atoms with van der Waals surface area (Å²) in [6, 6.07) is 3.71. The number of hydrogen-bond acceptors (Lipinski definition) is 4. The van der Waals surface area contributed by atoms with E-state index in [9.17, 15) is 9.59 Å². The number of rotatable bonds is 5. The third-order valence-corrected chi connectivity index (χ3v) is 4.64. The molecule has 0 spiro atoms. The van der Waals surface area contributed by atoms with E-state index in [0.717, 1.165) is 32.3 Å². The molecule has 4 nitrogen and oxygen atoms in total. The summed E-state index contributed by atoms with van der Waals surface area (Å²) in [5, 5.41) is -0.277. The molecule has 0 aromatic heterocycles. The second kappa shape index (κ2) is 7.53. The van der Waals surface area contributed by atoms with Crippen molar-refractivity contribution in [1.29, 1.82) is 0 Å². The van der Waals surface area contributed by atoms with Gasteiger partial charge in [0.2, 0.25) is 0 Å². The van der Waals surface area contributed by atoms with E-state index in [1.165, 1.54) is 7.05 Å². The summed E-state index contributed by atoms with van der Waals surface area (Å²) in [7, 11) is 1.47. The first-order chi connectivity index (χ1) is 11.0. The van der Waals surface area contributed by atoms with Gasteiger partial charge in [0, 0.05) is 7.05 Å². The molecule has 0 radical (unpaired) electrons. The van der Waals surface area contributed by atoms with Crippen molar-refractivity contribution in [3.8, 4) is 18.1 Å². The molecular weight excluding hydrogens is 378 g/mol. The number of carbonyl (C=O) groups excluding carboxylic acids is 2. The summed E-state index contributed by atoms with van der Waals surface area (Å²) in [5.74, 6) is 2.79. The van der Waals surface area contributed by atoms with Gasteiger partial charge in [-0.2, -0.15) is 0 Å². The molecule has 1 aromatic carbocycles. The molecule has 2 amide bonds. The molecule has 0 unspecified atom stereocenters. The molecule has 6 heteroatoms. The SMILES string of the molecule is C#CCOc1c(Br)cc(/C=C2\SC(=O)N(C)C2=O)cc1CC=C. The lowest BCUT2D eigenvalue weighted by Gasteiger charge is -2.12. The maximum Gasteiger partial charge on any atom is 0.293 e. The maximum absolute atomic E-state index is 12.0. The van der Waals surface area contributed by atoms with E-state index in [1.54, 1.807) is 12.2 Å². The fraction of sp³-hybridized carbons (Fsp3) is 0.176. The Labute approximate surface area is 147 Å². The number of benzene rings is 1. The van der Waals surface area contributed by atoms with Crippen molar-refractivity contribution in [2.45, 2.75) is 6.42 Å². The van der Waals surface area contributed by atoms with Crippen molar-refractivity contribution in [3.05, 3.63) is 45.3 Å². The number of thioether (sulfide) groups is 1. The highest BCUT2D eigenvalue weighted by Crippen LogP contribution is 2.35. The first kappa shape index (κ1) is 17.4. The lowest BCUT2D eigenvalue weighted by atomic mass is 10.1. The number of imide groups is 1. The van der Waals surface area contributed by atoms with Gasteiger partial charge in [0.25, 0.3) is 11.1 Å². The van der Waals surface area contributed by atoms with Crippen LogP contribution in [0.25, 0.3) is 6.08 Å². The van der Waals surface area contributed by atoms with Crippen molar-refractivity contribution in [2.24, 2.45) is 0 Å². The number of carbonyl (C=O) groups is 2. The van der Waals surface area contributed by atoms with E-state index in [0.29, 0.717) is 17.1 Å². The van der Waals surface area contributed by atoms with Gasteiger partial charge in [-0.05, 0) is 63.4 Å². The number of terminal acetylenes is 1. The molecule has 0 bridgehead atoms. The molecule has 1 aliphatic rings. The first-order valence-electron chi connectivity index (χ1n) is 6.69. The van der Waals surface area contributed by atoms with Crippen LogP contribution in [0.2, 0.25) is 0 Å². The molecule has 0 N–H and O–H groups in total. The van der Waals surface area contributed by atoms with E-state index in [4.69, 9.17) is 11.2 Å². The van der Waals surface area contributed by atoms with Crippen LogP contribution in [0.15, 0.2) is 34.2 Å². The van der Waals surface area contributed by atoms with Crippen molar-refractivity contribution in [3.63, 3.8) is 0 Å². The Kier molecular flexibility index (Phi) is 5.69. The van der Waals surface area contributed by atoms with Gasteiger partial charge in [-0.15, -0.1) is 13.0 Å². The van der Waals surface area contributed by atoms with Crippen LogP contribution in [0.3, 0.4) is 0 Å². The standard InChI is InChI=1S/C17H14BrNO3S/c1-4-6-12-8-11(9-13(18)15(12)22-7-5-2)10-14-16(20)19(3)17(21)23-14/h2,4,8-10H,1,6-7H2,3H3/b14-10-. The second-order valence-corrected chi connectivity index (χ2v) is 6.56. The van der Waals surface area contributed by atoms with Crippen molar-refractivity contribution in [1.82, 2.24) is 4.90 Å². The van der Waals surface area contributed by atoms with Gasteiger partial charge in [0.05, 0.1) is 9.38 Å². The zero-order valence-electron chi connectivity index (χ0n) is 12.5. The number of allylic oxidation sites excluding steroid dienone is 1. The van der Waals surface area contributed by atoms with E-state index < -0.39 is 0 Å². The van der Waals surface area contributed by atoms with Gasteiger partial charge in [-0.3, -0.25) is 14.5 Å². The lowest BCUT2D eigenvalue weighted by molar-refractivity contribution is -0.121. The molecule has 1 heterocycles. The monoisotopic (exact) mass is 391 g/mol. The minimum atomic E-state index is -0.297. The minimum absolute atomic E-state index is 0.164. The highest BCUT2D eigenvalue weighted by Gasteiger charge is 2.31. The second-order valence-electron chi connectivity index (χ2n) is 4.72. The molecule has 1 aromatic rings. The fourth-order valence-corrected chi connectivity index (χ4v) is 3.50. The average Bonchev–Trinajstić information content (AvgIpc) is 2.74. The van der Waals surface area contributed by atoms with Crippen LogP contribution in [0.4, 0.5) is 4.79 Å². The average molecular weight is 392 g/mol. The highest BCUT2D eigenvalue weighted by molar-refractivity contribution is 9.10. The minimum Gasteiger partial charge on any atom is -0.479 e. The molecular formula is C17H14BrNO3S. The summed E-state index contributed by atoms with van der Waals surface area (Å²) in [6.45, 7) is 3.90. The normalized spacial score (nSPS) is 15.9. The number of ether oxygens (including phenoxy) is 1. The van der Waals surface area contributed by atoms with Crippen LogP contribution in [0, 0.1) is 12.3 Å². The molecule has 23 heavy (non-hydrogen) atoms. The first-order valence-corrected chi connectivity index (χ1v) is 8.30. The Hall–Kier alpha value is -1.97. The van der Waals surface area contributed by atoms with E-state index in [1.807, 2.05) is 12.1 Å². The predicted molar refractivity (Wildman–Crippen MR) is 96.1 cm³/mol. The largest absolute Gasteiger partial charge is 0.479 e. The third kappa shape index (κ3) is 3.87. The third-order valence-electron chi connectivity index (χ3n) is 3.09. The van der Waals surface area contributed by atoms with Crippen LogP contribution in [-0.2, 0) is 11.2 Å². The molecule has 0 atom stereocenters. The van der Waals surface area contributed by atoms with E-state index in [-0.39, 0.29) is 17.8 Å². The maximum atomic E-state index is 12.0. The van der Waals surface area contributed by atoms with Crippen LogP contribution in [0.5, 0.6) is 5.75 Å². The van der Waals surface area contributed by atoms with E-state index >= 15 is 0 Å². The number of nitrogens with zero attached hydrogens (tertiary/aromatic N) is 1. The number of amides is 2. The van der Waals surface area contributed by atoms with Gasteiger partial charge in [0.15, 0.2) is 0 Å². The number of hydrogen-bond donors (Lipinski definition) is 0. The van der Waals surface area contributed by atoms with Crippen LogP contribution in [-0.4, -0.2) is 29.7 Å². The fourth-order valence-electron chi connectivity index (χ4n) is 2.04. The Bertz CT molecular complexity index is 749. The van der Waals surface area contributed by atoms with Crippen molar-refractivity contribution >= 4 is 44.9 Å². The quantitative estimate of drug-likeness (QED) is 0.434.